The molecule has 1 fully saturated rings. The lowest BCUT2D eigenvalue weighted by Gasteiger charge is -2.32. The van der Waals surface area contributed by atoms with Crippen LogP contribution in [0.3, 0.4) is 0 Å². The van der Waals surface area contributed by atoms with E-state index in [-0.39, 0.29) is 17.5 Å². The monoisotopic (exact) mass is 316 g/mol. The molecule has 0 amide bonds. The molecule has 0 bridgehead atoms. The maximum Gasteiger partial charge on any atom is 0.319 e. The number of rotatable bonds is 5. The van der Waals surface area contributed by atoms with Gasteiger partial charge in [-0.3, -0.25) is 9.69 Å². The Bertz CT molecular complexity index is 590. The van der Waals surface area contributed by atoms with Crippen LogP contribution >= 0.6 is 0 Å². The zero-order valence-electron chi connectivity index (χ0n) is 12.2. The Hall–Kier alpha value is -1.45. The molecule has 0 aromatic carbocycles. The van der Waals surface area contributed by atoms with Crippen LogP contribution in [0, 0.1) is 0 Å². The molecule has 1 aliphatic heterocycles. The molecule has 0 spiro atoms. The van der Waals surface area contributed by atoms with Crippen molar-refractivity contribution >= 4 is 16.0 Å². The number of H-pyrrole nitrogens is 1. The van der Waals surface area contributed by atoms with Crippen LogP contribution in [0.4, 0.5) is 0 Å². The van der Waals surface area contributed by atoms with Gasteiger partial charge in [0.2, 0.25) is 0 Å². The number of hydrogen-bond acceptors (Lipinski definition) is 6. The molecule has 8 nitrogen and oxygen atoms in total. The normalized spacial score (nSPS) is 17.8. The molecule has 1 aliphatic rings. The first-order valence-corrected chi connectivity index (χ1v) is 8.24. The Morgan fingerprint density at radius 1 is 1.38 bits per heavy atom. The van der Waals surface area contributed by atoms with E-state index in [0.717, 1.165) is 0 Å². The number of esters is 1. The molecule has 0 unspecified atom stereocenters. The minimum atomic E-state index is -3.54. The van der Waals surface area contributed by atoms with Crippen molar-refractivity contribution in [1.82, 2.24) is 19.2 Å². The fourth-order valence-electron chi connectivity index (χ4n) is 2.17. The van der Waals surface area contributed by atoms with Gasteiger partial charge in [0, 0.05) is 32.6 Å². The van der Waals surface area contributed by atoms with E-state index in [1.807, 2.05) is 11.8 Å². The smallest absolute Gasteiger partial charge is 0.319 e. The Kier molecular flexibility index (Phi) is 4.96. The number of hydrogen-bond donors (Lipinski definition) is 1. The van der Waals surface area contributed by atoms with Gasteiger partial charge in [-0.2, -0.15) is 4.31 Å². The summed E-state index contributed by atoms with van der Waals surface area (Å²) in [5.41, 5.74) is 0. The largest absolute Gasteiger partial charge is 0.468 e. The van der Waals surface area contributed by atoms with Gasteiger partial charge in [-0.05, 0) is 0 Å². The fraction of sp³-hybridized carbons (Fsp3) is 0.667. The highest BCUT2D eigenvalue weighted by molar-refractivity contribution is 7.89. The quantitative estimate of drug-likeness (QED) is 0.733. The van der Waals surface area contributed by atoms with Gasteiger partial charge in [0.1, 0.15) is 5.82 Å². The molecule has 1 aromatic rings. The molecule has 9 heteroatoms. The van der Waals surface area contributed by atoms with Crippen molar-refractivity contribution in [1.29, 1.82) is 0 Å². The first-order chi connectivity index (χ1) is 9.97. The van der Waals surface area contributed by atoms with Crippen LogP contribution in [0.25, 0.3) is 0 Å². The summed E-state index contributed by atoms with van der Waals surface area (Å²) < 4.78 is 30.9. The maximum absolute atomic E-state index is 12.4. The van der Waals surface area contributed by atoms with Crippen molar-refractivity contribution in [3.8, 4) is 0 Å². The molecule has 118 valence electrons. The molecule has 2 heterocycles. The van der Waals surface area contributed by atoms with Crippen molar-refractivity contribution in [3.05, 3.63) is 12.0 Å². The third kappa shape index (κ3) is 3.60. The van der Waals surface area contributed by atoms with Crippen molar-refractivity contribution in [2.75, 3.05) is 39.8 Å². The molecule has 0 radical (unpaired) electrons. The first-order valence-electron chi connectivity index (χ1n) is 6.80. The fourth-order valence-corrected chi connectivity index (χ4v) is 3.52. The van der Waals surface area contributed by atoms with Crippen molar-refractivity contribution in [3.63, 3.8) is 0 Å². The number of aryl methyl sites for hydroxylation is 1. The van der Waals surface area contributed by atoms with Gasteiger partial charge in [0.25, 0.3) is 10.0 Å². The number of nitrogens with zero attached hydrogens (tertiary/aromatic N) is 3. The second-order valence-corrected chi connectivity index (χ2v) is 6.71. The van der Waals surface area contributed by atoms with E-state index in [9.17, 15) is 13.2 Å². The summed E-state index contributed by atoms with van der Waals surface area (Å²) in [7, 11) is -2.20. The number of aromatic nitrogens is 2. The Balaban J connectivity index is 1.99. The minimum absolute atomic E-state index is 0.126. The van der Waals surface area contributed by atoms with Crippen LogP contribution in [0.2, 0.25) is 0 Å². The molecule has 1 saturated heterocycles. The summed E-state index contributed by atoms with van der Waals surface area (Å²) in [6.07, 6.45) is 2.01. The van der Waals surface area contributed by atoms with Gasteiger partial charge in [0.15, 0.2) is 5.03 Å². The summed E-state index contributed by atoms with van der Waals surface area (Å²) in [5.74, 6) is 0.338. The summed E-state index contributed by atoms with van der Waals surface area (Å²) in [6, 6.07) is 0. The molecule has 0 aliphatic carbocycles. The number of aromatic amines is 1. The van der Waals surface area contributed by atoms with Crippen LogP contribution in [0.1, 0.15) is 12.7 Å². The van der Waals surface area contributed by atoms with Crippen molar-refractivity contribution < 1.29 is 17.9 Å². The average molecular weight is 316 g/mol. The highest BCUT2D eigenvalue weighted by Crippen LogP contribution is 2.16. The second-order valence-electron chi connectivity index (χ2n) is 4.80. The van der Waals surface area contributed by atoms with Gasteiger partial charge in [-0.15, -0.1) is 0 Å². The molecule has 1 N–H and O–H groups in total. The second kappa shape index (κ2) is 6.54. The minimum Gasteiger partial charge on any atom is -0.468 e. The SMILES string of the molecule is CCc1ncc(S(=O)(=O)N2CCN(CC(=O)OC)CC2)[nH]1. The molecule has 21 heavy (non-hydrogen) atoms. The lowest BCUT2D eigenvalue weighted by atomic mass is 10.3. The third-order valence-electron chi connectivity index (χ3n) is 3.47. The van der Waals surface area contributed by atoms with E-state index < -0.39 is 10.0 Å². The molecule has 2 rings (SSSR count). The van der Waals surface area contributed by atoms with Gasteiger partial charge in [0.05, 0.1) is 19.9 Å². The summed E-state index contributed by atoms with van der Waals surface area (Å²) in [4.78, 5) is 19.9. The summed E-state index contributed by atoms with van der Waals surface area (Å²) >= 11 is 0. The van der Waals surface area contributed by atoms with Crippen LogP contribution in [-0.4, -0.2) is 73.4 Å². The van der Waals surface area contributed by atoms with Crippen molar-refractivity contribution in [2.24, 2.45) is 0 Å². The van der Waals surface area contributed by atoms with E-state index in [1.165, 1.54) is 17.6 Å². The summed E-state index contributed by atoms with van der Waals surface area (Å²) in [5, 5.41) is 0.126. The van der Waals surface area contributed by atoms with Gasteiger partial charge >= 0.3 is 5.97 Å². The van der Waals surface area contributed by atoms with Gasteiger partial charge in [-0.25, -0.2) is 13.4 Å². The number of nitrogens with one attached hydrogen (secondary N) is 1. The van der Waals surface area contributed by atoms with E-state index in [2.05, 4.69) is 14.7 Å². The molecule has 0 saturated carbocycles. The molecular formula is C12H20N4O4S. The highest BCUT2D eigenvalue weighted by atomic mass is 32.2. The van der Waals surface area contributed by atoms with E-state index >= 15 is 0 Å². The lowest BCUT2D eigenvalue weighted by molar-refractivity contribution is -0.142. The van der Waals surface area contributed by atoms with Crippen LogP contribution in [0.15, 0.2) is 11.2 Å². The van der Waals surface area contributed by atoms with Gasteiger partial charge in [-0.1, -0.05) is 6.92 Å². The predicted molar refractivity (Wildman–Crippen MR) is 75.2 cm³/mol. The van der Waals surface area contributed by atoms with E-state index in [0.29, 0.717) is 38.4 Å². The van der Waals surface area contributed by atoms with E-state index in [4.69, 9.17) is 0 Å². The number of sulfonamides is 1. The zero-order chi connectivity index (χ0) is 15.5. The highest BCUT2D eigenvalue weighted by Gasteiger charge is 2.30. The zero-order valence-corrected chi connectivity index (χ0v) is 13.0. The Morgan fingerprint density at radius 3 is 2.57 bits per heavy atom. The first kappa shape index (κ1) is 15.9. The molecule has 1 aromatic heterocycles. The Morgan fingerprint density at radius 2 is 2.05 bits per heavy atom. The average Bonchev–Trinajstić information content (AvgIpc) is 2.97. The maximum atomic E-state index is 12.4. The number of carbonyl (C=O) groups is 1. The number of methoxy groups -OCH3 is 1. The predicted octanol–water partition coefficient (Wildman–Crippen LogP) is -0.549. The van der Waals surface area contributed by atoms with Crippen LogP contribution in [-0.2, 0) is 26.0 Å². The number of carbonyl (C=O) groups excluding carboxylic acids is 1. The lowest BCUT2D eigenvalue weighted by Crippen LogP contribution is -2.49. The molecular weight excluding hydrogens is 296 g/mol. The Labute approximate surface area is 124 Å². The van der Waals surface area contributed by atoms with Crippen molar-refractivity contribution in [2.45, 2.75) is 18.4 Å². The summed E-state index contributed by atoms with van der Waals surface area (Å²) in [6.45, 7) is 3.79. The third-order valence-corrected chi connectivity index (χ3v) is 5.28. The number of imidazole rings is 1. The van der Waals surface area contributed by atoms with Crippen LogP contribution < -0.4 is 0 Å². The standard InChI is InChI=1S/C12H20N4O4S/c1-3-10-13-8-11(14-10)21(18,19)16-6-4-15(5-7-16)9-12(17)20-2/h8H,3-7,9H2,1-2H3,(H,13,14). The topological polar surface area (TPSA) is 95.6 Å². The van der Waals surface area contributed by atoms with Gasteiger partial charge < -0.3 is 9.72 Å². The number of piperazine rings is 1. The molecule has 0 atom stereocenters. The number of ether oxygens (including phenoxy) is 1. The van der Waals surface area contributed by atoms with E-state index in [1.54, 1.807) is 0 Å². The van der Waals surface area contributed by atoms with Crippen LogP contribution in [0.5, 0.6) is 0 Å².